The molecule has 0 aromatic heterocycles. The maximum absolute atomic E-state index is 13.1. The number of amides is 1. The summed E-state index contributed by atoms with van der Waals surface area (Å²) in [4.78, 5) is 22.9. The predicted octanol–water partition coefficient (Wildman–Crippen LogP) is 3.19. The molecule has 1 fully saturated rings. The van der Waals surface area contributed by atoms with E-state index in [1.165, 1.54) is 28.6 Å². The van der Waals surface area contributed by atoms with Crippen LogP contribution in [0.2, 0.25) is 0 Å². The molecule has 1 saturated heterocycles. The van der Waals surface area contributed by atoms with Crippen molar-refractivity contribution in [2.24, 2.45) is 11.8 Å². The maximum Gasteiger partial charge on any atom is 0.269 e. The summed E-state index contributed by atoms with van der Waals surface area (Å²) in [6, 6.07) is 11.9. The fourth-order valence-corrected chi connectivity index (χ4v) is 5.49. The third-order valence-electron chi connectivity index (χ3n) is 5.17. The lowest BCUT2D eigenvalue weighted by molar-refractivity contribution is -0.384. The Kier molecular flexibility index (Phi) is 6.52. The number of piperidine rings is 1. The van der Waals surface area contributed by atoms with E-state index in [9.17, 15) is 23.3 Å². The largest absolute Gasteiger partial charge is 0.348 e. The van der Waals surface area contributed by atoms with Gasteiger partial charge < -0.3 is 5.32 Å². The van der Waals surface area contributed by atoms with E-state index in [0.717, 1.165) is 6.42 Å². The van der Waals surface area contributed by atoms with E-state index >= 15 is 0 Å². The predicted molar refractivity (Wildman–Crippen MR) is 112 cm³/mol. The van der Waals surface area contributed by atoms with E-state index in [1.807, 2.05) is 13.8 Å². The van der Waals surface area contributed by atoms with E-state index in [4.69, 9.17) is 0 Å². The molecule has 9 heteroatoms. The van der Waals surface area contributed by atoms with Crippen LogP contribution in [0, 0.1) is 22.0 Å². The van der Waals surface area contributed by atoms with Crippen LogP contribution in [0.15, 0.2) is 53.4 Å². The van der Waals surface area contributed by atoms with Crippen molar-refractivity contribution >= 4 is 21.6 Å². The van der Waals surface area contributed by atoms with Crippen LogP contribution in [0.25, 0.3) is 0 Å². The lowest BCUT2D eigenvalue weighted by Crippen LogP contribution is -2.42. The van der Waals surface area contributed by atoms with Crippen LogP contribution in [0.5, 0.6) is 0 Å². The number of rotatable bonds is 6. The second-order valence-electron chi connectivity index (χ2n) is 7.90. The number of carbonyl (C=O) groups is 1. The number of sulfonamides is 1. The molecule has 1 amide bonds. The minimum Gasteiger partial charge on any atom is -0.348 e. The summed E-state index contributed by atoms with van der Waals surface area (Å²) in [6.45, 7) is 5.21. The summed E-state index contributed by atoms with van der Waals surface area (Å²) < 4.78 is 27.6. The Morgan fingerprint density at radius 2 is 1.77 bits per heavy atom. The zero-order chi connectivity index (χ0) is 21.9. The standard InChI is InChI=1S/C21H25N3O5S/c1-15-10-16(2)14-23(13-15)30(28,29)20-5-3-4-18(11-20)21(25)22-12-17-6-8-19(9-7-17)24(26)27/h3-9,11,15-16H,10,12-14H2,1-2H3,(H,22,25). The van der Waals surface area contributed by atoms with Gasteiger partial charge in [0.05, 0.1) is 9.82 Å². The Bertz CT molecular complexity index is 1030. The number of carbonyl (C=O) groups excluding carboxylic acids is 1. The Hall–Kier alpha value is -2.78. The first-order valence-electron chi connectivity index (χ1n) is 9.78. The highest BCUT2D eigenvalue weighted by molar-refractivity contribution is 7.89. The van der Waals surface area contributed by atoms with Gasteiger partial charge in [-0.25, -0.2) is 8.42 Å². The van der Waals surface area contributed by atoms with Crippen LogP contribution >= 0.6 is 0 Å². The molecule has 0 spiro atoms. The SMILES string of the molecule is CC1CC(C)CN(S(=O)(=O)c2cccc(C(=O)NCc3ccc([N+](=O)[O-])cc3)c2)C1. The fraction of sp³-hybridized carbons (Fsp3) is 0.381. The first kappa shape index (κ1) is 21.9. The number of nitrogens with zero attached hydrogens (tertiary/aromatic N) is 2. The van der Waals surface area contributed by atoms with Crippen molar-refractivity contribution in [2.75, 3.05) is 13.1 Å². The number of hydrogen-bond acceptors (Lipinski definition) is 5. The number of hydrogen-bond donors (Lipinski definition) is 1. The van der Waals surface area contributed by atoms with Gasteiger partial charge in [-0.15, -0.1) is 0 Å². The molecule has 2 aromatic rings. The Morgan fingerprint density at radius 3 is 2.37 bits per heavy atom. The van der Waals surface area contributed by atoms with Gasteiger partial charge in [0.25, 0.3) is 11.6 Å². The summed E-state index contributed by atoms with van der Waals surface area (Å²) >= 11 is 0. The molecule has 0 radical (unpaired) electrons. The molecule has 0 aliphatic carbocycles. The highest BCUT2D eigenvalue weighted by Crippen LogP contribution is 2.27. The molecule has 0 saturated carbocycles. The van der Waals surface area contributed by atoms with Gasteiger partial charge in [0, 0.05) is 37.3 Å². The Morgan fingerprint density at radius 1 is 1.13 bits per heavy atom. The Balaban J connectivity index is 1.71. The Labute approximate surface area is 176 Å². The fourth-order valence-electron chi connectivity index (χ4n) is 3.77. The molecule has 0 bridgehead atoms. The highest BCUT2D eigenvalue weighted by atomic mass is 32.2. The molecule has 2 atom stereocenters. The van der Waals surface area contributed by atoms with Gasteiger partial charge in [-0.1, -0.05) is 32.0 Å². The van der Waals surface area contributed by atoms with Gasteiger partial charge in [0.15, 0.2) is 0 Å². The van der Waals surface area contributed by atoms with Crippen molar-refractivity contribution in [2.45, 2.75) is 31.7 Å². The van der Waals surface area contributed by atoms with E-state index in [0.29, 0.717) is 18.7 Å². The van der Waals surface area contributed by atoms with Crippen molar-refractivity contribution in [3.05, 3.63) is 69.8 Å². The van der Waals surface area contributed by atoms with Crippen molar-refractivity contribution in [3.8, 4) is 0 Å². The topological polar surface area (TPSA) is 110 Å². The van der Waals surface area contributed by atoms with Crippen LogP contribution in [-0.2, 0) is 16.6 Å². The van der Waals surface area contributed by atoms with Gasteiger partial charge in [0.2, 0.25) is 10.0 Å². The van der Waals surface area contributed by atoms with Crippen molar-refractivity contribution < 1.29 is 18.1 Å². The van der Waals surface area contributed by atoms with Crippen LogP contribution in [0.3, 0.4) is 0 Å². The average Bonchev–Trinajstić information content (AvgIpc) is 2.71. The van der Waals surface area contributed by atoms with Gasteiger partial charge >= 0.3 is 0 Å². The van der Waals surface area contributed by atoms with Gasteiger partial charge in [-0.05, 0) is 42.0 Å². The van der Waals surface area contributed by atoms with Gasteiger partial charge in [-0.3, -0.25) is 14.9 Å². The first-order chi connectivity index (χ1) is 14.2. The zero-order valence-corrected chi connectivity index (χ0v) is 17.8. The lowest BCUT2D eigenvalue weighted by atomic mass is 9.94. The van der Waals surface area contributed by atoms with Crippen molar-refractivity contribution in [1.82, 2.24) is 9.62 Å². The van der Waals surface area contributed by atoms with Crippen molar-refractivity contribution in [3.63, 3.8) is 0 Å². The van der Waals surface area contributed by atoms with Crippen LogP contribution in [-0.4, -0.2) is 36.6 Å². The van der Waals surface area contributed by atoms with Crippen LogP contribution in [0.1, 0.15) is 36.2 Å². The van der Waals surface area contributed by atoms with Crippen molar-refractivity contribution in [1.29, 1.82) is 0 Å². The van der Waals surface area contributed by atoms with E-state index < -0.39 is 20.9 Å². The van der Waals surface area contributed by atoms with Crippen LogP contribution in [0.4, 0.5) is 5.69 Å². The second-order valence-corrected chi connectivity index (χ2v) is 9.84. The molecule has 1 N–H and O–H groups in total. The normalized spacial score (nSPS) is 19.9. The summed E-state index contributed by atoms with van der Waals surface area (Å²) in [5.41, 5.74) is 0.925. The molecular formula is C21H25N3O5S. The molecule has 1 aliphatic heterocycles. The summed E-state index contributed by atoms with van der Waals surface area (Å²) in [5.74, 6) is 0.166. The van der Waals surface area contributed by atoms with Crippen LogP contribution < -0.4 is 5.32 Å². The minimum absolute atomic E-state index is 0.0238. The van der Waals surface area contributed by atoms with Gasteiger partial charge in [-0.2, -0.15) is 4.31 Å². The smallest absolute Gasteiger partial charge is 0.269 e. The molecule has 2 unspecified atom stereocenters. The first-order valence-corrected chi connectivity index (χ1v) is 11.2. The quantitative estimate of drug-likeness (QED) is 0.558. The molecule has 1 aliphatic rings. The third-order valence-corrected chi connectivity index (χ3v) is 7.00. The minimum atomic E-state index is -3.67. The molecule has 3 rings (SSSR count). The van der Waals surface area contributed by atoms with E-state index in [2.05, 4.69) is 5.32 Å². The van der Waals surface area contributed by atoms with E-state index in [-0.39, 0.29) is 34.5 Å². The maximum atomic E-state index is 13.1. The second kappa shape index (κ2) is 8.93. The average molecular weight is 432 g/mol. The molecule has 160 valence electrons. The molecule has 2 aromatic carbocycles. The van der Waals surface area contributed by atoms with Gasteiger partial charge in [0.1, 0.15) is 0 Å². The van der Waals surface area contributed by atoms with E-state index in [1.54, 1.807) is 24.3 Å². The summed E-state index contributed by atoms with van der Waals surface area (Å²) in [7, 11) is -3.67. The number of nitro benzene ring substituents is 1. The number of nitrogens with one attached hydrogen (secondary N) is 1. The number of non-ortho nitro benzene ring substituents is 1. The monoisotopic (exact) mass is 431 g/mol. The molecule has 1 heterocycles. The number of benzene rings is 2. The zero-order valence-electron chi connectivity index (χ0n) is 16.9. The third kappa shape index (κ3) is 5.03. The molecule has 30 heavy (non-hydrogen) atoms. The summed E-state index contributed by atoms with van der Waals surface area (Å²) in [5, 5.41) is 13.4. The lowest BCUT2D eigenvalue weighted by Gasteiger charge is -2.34. The number of nitro groups is 1. The highest BCUT2D eigenvalue weighted by Gasteiger charge is 2.31. The molecule has 8 nitrogen and oxygen atoms in total. The molecular weight excluding hydrogens is 406 g/mol. The summed E-state index contributed by atoms with van der Waals surface area (Å²) in [6.07, 6.45) is 0.997.